The van der Waals surface area contributed by atoms with Crippen molar-refractivity contribution >= 4 is 27.9 Å². The number of furan rings is 1. The third-order valence-electron chi connectivity index (χ3n) is 3.75. The number of nitrogens with one attached hydrogen (secondary N) is 3. The highest BCUT2D eigenvalue weighted by molar-refractivity contribution is 7.89. The van der Waals surface area contributed by atoms with Gasteiger partial charge in [0.2, 0.25) is 10.0 Å². The van der Waals surface area contributed by atoms with Gasteiger partial charge in [0.25, 0.3) is 5.91 Å². The Morgan fingerprint density at radius 3 is 2.67 bits per heavy atom. The molecule has 3 N–H and O–H groups in total. The van der Waals surface area contributed by atoms with E-state index in [1.165, 1.54) is 24.5 Å². The summed E-state index contributed by atoms with van der Waals surface area (Å²) in [7, 11) is -3.92. The number of hydrogen-bond acceptors (Lipinski definition) is 7. The first-order valence-electron chi connectivity index (χ1n) is 8.71. The molecule has 0 radical (unpaired) electrons. The van der Waals surface area contributed by atoms with Gasteiger partial charge in [-0.25, -0.2) is 22.7 Å². The predicted molar refractivity (Wildman–Crippen MR) is 106 cm³/mol. The van der Waals surface area contributed by atoms with Crippen LogP contribution in [0, 0.1) is 6.92 Å². The van der Waals surface area contributed by atoms with Crippen molar-refractivity contribution in [3.63, 3.8) is 0 Å². The molecule has 0 bridgehead atoms. The molecule has 11 heteroatoms. The summed E-state index contributed by atoms with van der Waals surface area (Å²) in [4.78, 5) is 35.2. The van der Waals surface area contributed by atoms with E-state index in [0.717, 1.165) is 6.07 Å². The maximum Gasteiger partial charge on any atom is 0.338 e. The van der Waals surface area contributed by atoms with E-state index in [4.69, 9.17) is 9.15 Å². The smallest absolute Gasteiger partial charge is 0.338 e. The van der Waals surface area contributed by atoms with Gasteiger partial charge in [-0.2, -0.15) is 0 Å². The average Bonchev–Trinajstić information content (AvgIpc) is 3.23. The molecule has 10 nitrogen and oxygen atoms in total. The van der Waals surface area contributed by atoms with Crippen LogP contribution in [0.15, 0.2) is 58.6 Å². The molecule has 30 heavy (non-hydrogen) atoms. The first-order chi connectivity index (χ1) is 14.2. The Morgan fingerprint density at radius 2 is 2.00 bits per heavy atom. The van der Waals surface area contributed by atoms with Crippen molar-refractivity contribution in [2.45, 2.75) is 18.4 Å². The highest BCUT2D eigenvalue weighted by Gasteiger charge is 2.20. The molecule has 1 aromatic carbocycles. The molecule has 1 heterocycles. The van der Waals surface area contributed by atoms with Gasteiger partial charge in [0, 0.05) is 6.54 Å². The number of esters is 1. The molecule has 0 aliphatic carbocycles. The monoisotopic (exact) mass is 435 g/mol. The number of imide groups is 1. The molecule has 1 aromatic heterocycles. The zero-order valence-electron chi connectivity index (χ0n) is 16.1. The summed E-state index contributed by atoms with van der Waals surface area (Å²) in [5, 5.41) is 4.30. The van der Waals surface area contributed by atoms with Crippen molar-refractivity contribution in [1.29, 1.82) is 0 Å². The number of urea groups is 1. The number of sulfonamides is 1. The Labute approximate surface area is 173 Å². The molecule has 0 saturated carbocycles. The SMILES string of the molecule is C=CCNC(=O)NC(=O)COC(=O)c1cc(S(=O)(=O)NCc2ccco2)ccc1C. The van der Waals surface area contributed by atoms with Gasteiger partial charge in [0.15, 0.2) is 6.61 Å². The van der Waals surface area contributed by atoms with Gasteiger partial charge >= 0.3 is 12.0 Å². The lowest BCUT2D eigenvalue weighted by Gasteiger charge is -2.10. The lowest BCUT2D eigenvalue weighted by Crippen LogP contribution is -2.41. The molecule has 0 unspecified atom stereocenters. The molecular formula is C19H21N3O7S. The van der Waals surface area contributed by atoms with Gasteiger partial charge in [0.05, 0.1) is 23.3 Å². The van der Waals surface area contributed by atoms with E-state index in [1.807, 2.05) is 5.32 Å². The zero-order valence-corrected chi connectivity index (χ0v) is 17.0. The molecule has 2 rings (SSSR count). The fourth-order valence-corrected chi connectivity index (χ4v) is 3.25. The first-order valence-corrected chi connectivity index (χ1v) is 10.2. The van der Waals surface area contributed by atoms with Crippen molar-refractivity contribution in [3.8, 4) is 0 Å². The van der Waals surface area contributed by atoms with E-state index in [9.17, 15) is 22.8 Å². The van der Waals surface area contributed by atoms with Crippen LogP contribution in [0.5, 0.6) is 0 Å². The number of rotatable bonds is 9. The zero-order chi connectivity index (χ0) is 22.1. The van der Waals surface area contributed by atoms with Gasteiger partial charge in [-0.3, -0.25) is 10.1 Å². The second-order valence-electron chi connectivity index (χ2n) is 6.00. The van der Waals surface area contributed by atoms with E-state index >= 15 is 0 Å². The normalized spacial score (nSPS) is 10.8. The van der Waals surface area contributed by atoms with Gasteiger partial charge < -0.3 is 14.5 Å². The van der Waals surface area contributed by atoms with Crippen molar-refractivity contribution in [2.75, 3.05) is 13.2 Å². The molecule has 0 saturated heterocycles. The largest absolute Gasteiger partial charge is 0.468 e. The number of hydrogen-bond donors (Lipinski definition) is 3. The summed E-state index contributed by atoms with van der Waals surface area (Å²) >= 11 is 0. The van der Waals surface area contributed by atoms with E-state index in [2.05, 4.69) is 16.6 Å². The van der Waals surface area contributed by atoms with Crippen molar-refractivity contribution < 1.29 is 32.0 Å². The molecule has 0 aliphatic heterocycles. The Hall–Kier alpha value is -3.44. The van der Waals surface area contributed by atoms with E-state index < -0.39 is 34.5 Å². The average molecular weight is 435 g/mol. The minimum Gasteiger partial charge on any atom is -0.468 e. The van der Waals surface area contributed by atoms with E-state index in [0.29, 0.717) is 11.3 Å². The van der Waals surface area contributed by atoms with Crippen LogP contribution >= 0.6 is 0 Å². The third kappa shape index (κ3) is 6.57. The van der Waals surface area contributed by atoms with Crippen LogP contribution in [0.25, 0.3) is 0 Å². The molecule has 160 valence electrons. The van der Waals surface area contributed by atoms with Crippen LogP contribution in [0.3, 0.4) is 0 Å². The fourth-order valence-electron chi connectivity index (χ4n) is 2.23. The summed E-state index contributed by atoms with van der Waals surface area (Å²) < 4.78 is 37.3. The van der Waals surface area contributed by atoms with Gasteiger partial charge in [-0.05, 0) is 36.8 Å². The highest BCUT2D eigenvalue weighted by atomic mass is 32.2. The van der Waals surface area contributed by atoms with Crippen LogP contribution < -0.4 is 15.4 Å². The quantitative estimate of drug-likeness (QED) is 0.397. The van der Waals surface area contributed by atoms with E-state index in [-0.39, 0.29) is 23.5 Å². The Bertz CT molecular complexity index is 1030. The van der Waals surface area contributed by atoms with E-state index in [1.54, 1.807) is 19.1 Å². The Balaban J connectivity index is 2.01. The molecule has 3 amide bonds. The Morgan fingerprint density at radius 1 is 1.23 bits per heavy atom. The molecule has 0 spiro atoms. The van der Waals surface area contributed by atoms with Crippen molar-refractivity contribution in [1.82, 2.24) is 15.4 Å². The van der Waals surface area contributed by atoms with Crippen molar-refractivity contribution in [2.24, 2.45) is 0 Å². The lowest BCUT2D eigenvalue weighted by atomic mass is 10.1. The van der Waals surface area contributed by atoms with Crippen LogP contribution in [0.2, 0.25) is 0 Å². The summed E-state index contributed by atoms with van der Waals surface area (Å²) in [6.07, 6.45) is 2.85. The number of carbonyl (C=O) groups excluding carboxylic acids is 3. The molecule has 0 fully saturated rings. The summed E-state index contributed by atoms with van der Waals surface area (Å²) in [6.45, 7) is 4.39. The fraction of sp³-hybridized carbons (Fsp3) is 0.211. The first kappa shape index (κ1) is 22.8. The number of aryl methyl sites for hydroxylation is 1. The third-order valence-corrected chi connectivity index (χ3v) is 5.15. The van der Waals surface area contributed by atoms with Gasteiger partial charge in [-0.15, -0.1) is 6.58 Å². The Kier molecular flexibility index (Phi) is 7.90. The molecule has 2 aromatic rings. The van der Waals surface area contributed by atoms with Crippen molar-refractivity contribution in [3.05, 3.63) is 66.1 Å². The van der Waals surface area contributed by atoms with Crippen LogP contribution in [-0.4, -0.2) is 39.5 Å². The number of amides is 3. The summed E-state index contributed by atoms with van der Waals surface area (Å²) in [5.74, 6) is -1.32. The molecule has 0 aliphatic rings. The summed E-state index contributed by atoms with van der Waals surface area (Å²) in [5.41, 5.74) is 0.425. The molecular weight excluding hydrogens is 414 g/mol. The van der Waals surface area contributed by atoms with Crippen LogP contribution in [-0.2, 0) is 26.1 Å². The molecule has 0 atom stereocenters. The second-order valence-corrected chi connectivity index (χ2v) is 7.77. The number of carbonyl (C=O) groups is 3. The van der Waals surface area contributed by atoms with Gasteiger partial charge in [-0.1, -0.05) is 12.1 Å². The van der Waals surface area contributed by atoms with Crippen LogP contribution in [0.1, 0.15) is 21.7 Å². The maximum absolute atomic E-state index is 12.5. The minimum atomic E-state index is -3.92. The topological polar surface area (TPSA) is 144 Å². The maximum atomic E-state index is 12.5. The van der Waals surface area contributed by atoms with Gasteiger partial charge in [0.1, 0.15) is 5.76 Å². The number of benzene rings is 1. The standard InChI is InChI=1S/C19H21N3O7S/c1-3-8-20-19(25)22-17(23)12-29-18(24)16-10-15(7-6-13(16)2)30(26,27)21-11-14-5-4-9-28-14/h3-7,9-10,21H,1,8,11-12H2,2H3,(H2,20,22,23,25). The number of ether oxygens (including phenoxy) is 1. The lowest BCUT2D eigenvalue weighted by molar-refractivity contribution is -0.123. The summed E-state index contributed by atoms with van der Waals surface area (Å²) in [6, 6.07) is 6.42. The minimum absolute atomic E-state index is 0.0280. The predicted octanol–water partition coefficient (Wildman–Crippen LogP) is 1.24. The second kappa shape index (κ2) is 10.4. The highest BCUT2D eigenvalue weighted by Crippen LogP contribution is 2.17. The van der Waals surface area contributed by atoms with Crippen LogP contribution in [0.4, 0.5) is 4.79 Å².